The molecule has 3 aromatic carbocycles. The molecule has 20 heavy (non-hydrogen) atoms. The van der Waals surface area contributed by atoms with Crippen LogP contribution >= 0.6 is 11.3 Å². The van der Waals surface area contributed by atoms with Crippen LogP contribution in [0.25, 0.3) is 31.6 Å². The van der Waals surface area contributed by atoms with E-state index in [1.807, 2.05) is 18.2 Å². The van der Waals surface area contributed by atoms with Crippen LogP contribution in [0.4, 0.5) is 0 Å². The Labute approximate surface area is 134 Å². The number of thiazole rings is 1. The molecular formula is C17H10IrNS-. The molecule has 3 heteroatoms. The summed E-state index contributed by atoms with van der Waals surface area (Å²) in [6.07, 6.45) is 0. The van der Waals surface area contributed by atoms with Crippen molar-refractivity contribution in [2.45, 2.75) is 0 Å². The minimum atomic E-state index is 0. The number of hydrogen-bond acceptors (Lipinski definition) is 2. The van der Waals surface area contributed by atoms with Crippen LogP contribution < -0.4 is 0 Å². The van der Waals surface area contributed by atoms with Crippen LogP contribution in [-0.2, 0) is 20.1 Å². The predicted molar refractivity (Wildman–Crippen MR) is 81.4 cm³/mol. The third kappa shape index (κ3) is 2.18. The van der Waals surface area contributed by atoms with Crippen molar-refractivity contribution in [1.82, 2.24) is 4.98 Å². The van der Waals surface area contributed by atoms with E-state index in [1.165, 1.54) is 15.5 Å². The maximum Gasteiger partial charge on any atom is 0.0703 e. The van der Waals surface area contributed by atoms with Crippen LogP contribution in [0.5, 0.6) is 0 Å². The summed E-state index contributed by atoms with van der Waals surface area (Å²) in [5.41, 5.74) is 2.13. The van der Waals surface area contributed by atoms with Crippen LogP contribution in [0.1, 0.15) is 0 Å². The first-order chi connectivity index (χ1) is 9.42. The maximum absolute atomic E-state index is 4.72. The van der Waals surface area contributed by atoms with Gasteiger partial charge in [0.05, 0.1) is 10.2 Å². The van der Waals surface area contributed by atoms with Gasteiger partial charge in [0.25, 0.3) is 0 Å². The van der Waals surface area contributed by atoms with Crippen molar-refractivity contribution in [1.29, 1.82) is 0 Å². The molecule has 0 unspecified atom stereocenters. The average Bonchev–Trinajstić information content (AvgIpc) is 2.93. The van der Waals surface area contributed by atoms with Gasteiger partial charge < -0.3 is 0 Å². The third-order valence-corrected chi connectivity index (χ3v) is 4.36. The summed E-state index contributed by atoms with van der Waals surface area (Å²) in [6, 6.07) is 23.9. The zero-order chi connectivity index (χ0) is 12.7. The predicted octanol–water partition coefficient (Wildman–Crippen LogP) is 4.91. The molecule has 1 aromatic heterocycles. The van der Waals surface area contributed by atoms with E-state index in [0.29, 0.717) is 0 Å². The van der Waals surface area contributed by atoms with Crippen LogP contribution in [0.2, 0.25) is 0 Å². The molecule has 1 nitrogen and oxygen atoms in total. The summed E-state index contributed by atoms with van der Waals surface area (Å²) >= 11 is 1.74. The van der Waals surface area contributed by atoms with Gasteiger partial charge in [0.2, 0.25) is 0 Å². The summed E-state index contributed by atoms with van der Waals surface area (Å²) in [7, 11) is 0. The number of nitrogens with zero attached hydrogens (tertiary/aromatic N) is 1. The Balaban J connectivity index is 0.00000121. The standard InChI is InChI=1S/C17H10NS.Ir/c1-2-7-13(8-3-1)17-18-15-11-10-12-6-4-5-9-14(12)16(15)19-17;/h1-7,9-11H;/q-1;. The van der Waals surface area contributed by atoms with Gasteiger partial charge in [0.15, 0.2) is 0 Å². The molecular weight excluding hydrogens is 442 g/mol. The number of aromatic nitrogens is 1. The first-order valence-corrected chi connectivity index (χ1v) is 6.99. The molecule has 0 bridgehead atoms. The van der Waals surface area contributed by atoms with E-state index >= 15 is 0 Å². The Bertz CT molecular complexity index is 868. The molecule has 0 aliphatic carbocycles. The number of hydrogen-bond donors (Lipinski definition) is 0. The van der Waals surface area contributed by atoms with E-state index in [-0.39, 0.29) is 20.1 Å². The molecule has 0 aliphatic heterocycles. The zero-order valence-electron chi connectivity index (χ0n) is 10.5. The summed E-state index contributed by atoms with van der Waals surface area (Å²) in [4.78, 5) is 4.72. The van der Waals surface area contributed by atoms with Crippen LogP contribution in [0.3, 0.4) is 0 Å². The molecule has 1 heterocycles. The second kappa shape index (κ2) is 5.45. The fraction of sp³-hybridized carbons (Fsp3) is 0. The third-order valence-electron chi connectivity index (χ3n) is 3.22. The molecule has 0 N–H and O–H groups in total. The molecule has 0 fully saturated rings. The molecule has 0 amide bonds. The minimum Gasteiger partial charge on any atom is -0.285 e. The molecule has 4 rings (SSSR count). The molecule has 0 atom stereocenters. The van der Waals surface area contributed by atoms with Crippen molar-refractivity contribution in [3.05, 3.63) is 66.7 Å². The van der Waals surface area contributed by atoms with Gasteiger partial charge in [-0.1, -0.05) is 30.3 Å². The van der Waals surface area contributed by atoms with E-state index in [9.17, 15) is 0 Å². The fourth-order valence-corrected chi connectivity index (χ4v) is 3.39. The van der Waals surface area contributed by atoms with Gasteiger partial charge in [0.1, 0.15) is 0 Å². The van der Waals surface area contributed by atoms with Gasteiger partial charge in [-0.2, -0.15) is 11.3 Å². The summed E-state index contributed by atoms with van der Waals surface area (Å²) in [5.74, 6) is 0. The topological polar surface area (TPSA) is 12.9 Å². The van der Waals surface area contributed by atoms with E-state index < -0.39 is 0 Å². The van der Waals surface area contributed by atoms with E-state index in [0.717, 1.165) is 16.1 Å². The Morgan fingerprint density at radius 2 is 1.75 bits per heavy atom. The first kappa shape index (κ1) is 13.4. The second-order valence-electron chi connectivity index (χ2n) is 4.43. The van der Waals surface area contributed by atoms with Crippen molar-refractivity contribution < 1.29 is 20.1 Å². The average molecular weight is 453 g/mol. The van der Waals surface area contributed by atoms with Gasteiger partial charge in [0, 0.05) is 30.5 Å². The van der Waals surface area contributed by atoms with Crippen molar-refractivity contribution in [2.75, 3.05) is 0 Å². The largest absolute Gasteiger partial charge is 0.285 e. The normalized spacial score (nSPS) is 10.6. The van der Waals surface area contributed by atoms with E-state index in [4.69, 9.17) is 4.98 Å². The van der Waals surface area contributed by atoms with Crippen LogP contribution in [0, 0.1) is 6.07 Å². The minimum absolute atomic E-state index is 0. The zero-order valence-corrected chi connectivity index (χ0v) is 13.7. The van der Waals surface area contributed by atoms with Crippen LogP contribution in [-0.4, -0.2) is 4.98 Å². The smallest absolute Gasteiger partial charge is 0.0703 e. The first-order valence-electron chi connectivity index (χ1n) is 6.17. The molecule has 4 aromatic rings. The summed E-state index contributed by atoms with van der Waals surface area (Å²) in [5, 5.41) is 3.58. The monoisotopic (exact) mass is 453 g/mol. The van der Waals surface area contributed by atoms with Gasteiger partial charge >= 0.3 is 0 Å². The van der Waals surface area contributed by atoms with E-state index in [1.54, 1.807) is 11.3 Å². The van der Waals surface area contributed by atoms with Crippen molar-refractivity contribution >= 4 is 32.3 Å². The van der Waals surface area contributed by atoms with E-state index in [2.05, 4.69) is 48.5 Å². The Kier molecular flexibility index (Phi) is 3.66. The summed E-state index contributed by atoms with van der Waals surface area (Å²) in [6.45, 7) is 0. The molecule has 99 valence electrons. The van der Waals surface area contributed by atoms with Gasteiger partial charge in [-0.15, -0.1) is 35.9 Å². The molecule has 0 spiro atoms. The molecule has 0 saturated heterocycles. The second-order valence-corrected chi connectivity index (χ2v) is 5.43. The van der Waals surface area contributed by atoms with Gasteiger partial charge in [-0.05, 0) is 11.5 Å². The van der Waals surface area contributed by atoms with Crippen molar-refractivity contribution in [3.63, 3.8) is 0 Å². The van der Waals surface area contributed by atoms with Gasteiger partial charge in [-0.25, -0.2) is 0 Å². The Morgan fingerprint density at radius 3 is 2.60 bits per heavy atom. The van der Waals surface area contributed by atoms with Crippen molar-refractivity contribution in [3.8, 4) is 10.6 Å². The quantitative estimate of drug-likeness (QED) is 0.374. The van der Waals surface area contributed by atoms with Crippen molar-refractivity contribution in [2.24, 2.45) is 0 Å². The number of fused-ring (bicyclic) bond motifs is 3. The van der Waals surface area contributed by atoms with Gasteiger partial charge in [-0.3, -0.25) is 4.98 Å². The number of rotatable bonds is 1. The Morgan fingerprint density at radius 1 is 0.900 bits per heavy atom. The number of benzene rings is 3. The molecule has 0 aliphatic rings. The van der Waals surface area contributed by atoms with Crippen LogP contribution in [0.15, 0.2) is 60.7 Å². The SMILES string of the molecule is [Ir].[c-]1ccccc1-c1nc2ccc3ccccc3c2s1. The molecule has 1 radical (unpaired) electrons. The Hall–Kier alpha value is -1.54. The maximum atomic E-state index is 4.72. The fourth-order valence-electron chi connectivity index (χ4n) is 2.30. The molecule has 0 saturated carbocycles. The summed E-state index contributed by atoms with van der Waals surface area (Å²) < 4.78 is 1.25.